The Labute approximate surface area is 178 Å². The maximum Gasteiger partial charge on any atom is 0.255 e. The number of methoxy groups -OCH3 is 1. The molecular formula is C20H28Cl2N4O2. The summed E-state index contributed by atoms with van der Waals surface area (Å²) in [5, 5.41) is 2.89. The monoisotopic (exact) mass is 426 g/mol. The van der Waals surface area contributed by atoms with Gasteiger partial charge in [-0.1, -0.05) is 12.1 Å². The van der Waals surface area contributed by atoms with Crippen molar-refractivity contribution < 1.29 is 9.53 Å². The van der Waals surface area contributed by atoms with Gasteiger partial charge in [-0.3, -0.25) is 9.69 Å². The number of hydrogen-bond donors (Lipinski definition) is 2. The van der Waals surface area contributed by atoms with Crippen LogP contribution in [0.5, 0.6) is 5.75 Å². The lowest BCUT2D eigenvalue weighted by molar-refractivity contribution is 0.102. The van der Waals surface area contributed by atoms with Gasteiger partial charge in [-0.15, -0.1) is 24.8 Å². The van der Waals surface area contributed by atoms with Gasteiger partial charge in [0.2, 0.25) is 0 Å². The maximum atomic E-state index is 12.6. The molecule has 1 fully saturated rings. The van der Waals surface area contributed by atoms with E-state index in [9.17, 15) is 4.79 Å². The number of nitrogen functional groups attached to an aromatic ring is 1. The summed E-state index contributed by atoms with van der Waals surface area (Å²) in [6, 6.07) is 13.0. The van der Waals surface area contributed by atoms with E-state index in [-0.39, 0.29) is 30.7 Å². The minimum absolute atomic E-state index is 0. The van der Waals surface area contributed by atoms with Gasteiger partial charge in [0.1, 0.15) is 5.75 Å². The Morgan fingerprint density at radius 1 is 1.11 bits per heavy atom. The fourth-order valence-electron chi connectivity index (χ4n) is 3.09. The number of nitrogens with zero attached hydrogens (tertiary/aromatic N) is 2. The summed E-state index contributed by atoms with van der Waals surface area (Å²) in [5.41, 5.74) is 8.84. The van der Waals surface area contributed by atoms with Gasteiger partial charge in [-0.2, -0.15) is 0 Å². The van der Waals surface area contributed by atoms with Crippen molar-refractivity contribution in [2.45, 2.75) is 6.54 Å². The second-order valence-electron chi connectivity index (χ2n) is 6.69. The van der Waals surface area contributed by atoms with E-state index in [1.807, 2.05) is 18.2 Å². The molecule has 0 radical (unpaired) electrons. The zero-order chi connectivity index (χ0) is 18.5. The van der Waals surface area contributed by atoms with Crippen molar-refractivity contribution in [3.8, 4) is 5.75 Å². The number of nitrogens with one attached hydrogen (secondary N) is 1. The minimum atomic E-state index is -0.144. The third-order valence-electron chi connectivity index (χ3n) is 4.68. The summed E-state index contributed by atoms with van der Waals surface area (Å²) in [4.78, 5) is 17.3. The Bertz CT molecular complexity index is 781. The normalized spacial score (nSPS) is 14.5. The molecule has 1 saturated heterocycles. The second kappa shape index (κ2) is 11.1. The molecule has 0 aromatic heterocycles. The van der Waals surface area contributed by atoms with Crippen molar-refractivity contribution in [2.75, 3.05) is 51.4 Å². The van der Waals surface area contributed by atoms with Crippen molar-refractivity contribution >= 4 is 42.1 Å². The molecule has 1 heterocycles. The van der Waals surface area contributed by atoms with Crippen LogP contribution in [0.4, 0.5) is 11.4 Å². The topological polar surface area (TPSA) is 70.8 Å². The van der Waals surface area contributed by atoms with Crippen LogP contribution in [0.1, 0.15) is 15.9 Å². The predicted molar refractivity (Wildman–Crippen MR) is 119 cm³/mol. The number of likely N-dealkylation sites (N-methyl/N-ethyl adjacent to an activating group) is 1. The molecule has 28 heavy (non-hydrogen) atoms. The number of halogens is 2. The van der Waals surface area contributed by atoms with E-state index in [1.165, 1.54) is 0 Å². The number of hydrogen-bond acceptors (Lipinski definition) is 5. The molecule has 3 rings (SSSR count). The molecule has 0 spiro atoms. The zero-order valence-corrected chi connectivity index (χ0v) is 17.8. The molecule has 0 aliphatic carbocycles. The molecule has 8 heteroatoms. The van der Waals surface area contributed by atoms with Crippen LogP contribution in [0.25, 0.3) is 0 Å². The summed E-state index contributed by atoms with van der Waals surface area (Å²) < 4.78 is 5.14. The highest BCUT2D eigenvalue weighted by atomic mass is 35.5. The lowest BCUT2D eigenvalue weighted by Gasteiger charge is -2.32. The van der Waals surface area contributed by atoms with Gasteiger partial charge in [-0.25, -0.2) is 0 Å². The van der Waals surface area contributed by atoms with E-state index >= 15 is 0 Å². The van der Waals surface area contributed by atoms with E-state index < -0.39 is 0 Å². The SMILES string of the molecule is COc1ccc(NC(=O)c2cccc(CN3CCN(C)CC3)c2)cc1N.Cl.Cl. The molecule has 0 unspecified atom stereocenters. The molecule has 1 aliphatic rings. The zero-order valence-electron chi connectivity index (χ0n) is 16.2. The molecule has 0 atom stereocenters. The average molecular weight is 427 g/mol. The molecule has 3 N–H and O–H groups in total. The highest BCUT2D eigenvalue weighted by Gasteiger charge is 2.15. The third-order valence-corrected chi connectivity index (χ3v) is 4.68. The Balaban J connectivity index is 0.00000196. The molecule has 2 aromatic rings. The molecule has 1 amide bonds. The first-order valence-electron chi connectivity index (χ1n) is 8.80. The Morgan fingerprint density at radius 2 is 1.82 bits per heavy atom. The maximum absolute atomic E-state index is 12.6. The first kappa shape index (κ1) is 24.0. The number of benzene rings is 2. The van der Waals surface area contributed by atoms with Gasteiger partial charge >= 0.3 is 0 Å². The molecular weight excluding hydrogens is 399 g/mol. The van der Waals surface area contributed by atoms with Gasteiger partial charge in [-0.05, 0) is 42.9 Å². The highest BCUT2D eigenvalue weighted by molar-refractivity contribution is 6.04. The van der Waals surface area contributed by atoms with Crippen molar-refractivity contribution in [3.05, 3.63) is 53.6 Å². The molecule has 0 saturated carbocycles. The first-order chi connectivity index (χ1) is 12.5. The van der Waals surface area contributed by atoms with E-state index in [4.69, 9.17) is 10.5 Å². The quantitative estimate of drug-likeness (QED) is 0.718. The number of amides is 1. The predicted octanol–water partition coefficient (Wildman–Crippen LogP) is 3.12. The Hall–Kier alpha value is -1.99. The summed E-state index contributed by atoms with van der Waals surface area (Å²) in [6.07, 6.45) is 0. The van der Waals surface area contributed by atoms with E-state index in [1.54, 1.807) is 25.3 Å². The van der Waals surface area contributed by atoms with Crippen molar-refractivity contribution in [1.82, 2.24) is 9.80 Å². The van der Waals surface area contributed by atoms with Crippen LogP contribution in [0, 0.1) is 0 Å². The Kier molecular flexibility index (Phi) is 9.55. The largest absolute Gasteiger partial charge is 0.495 e. The number of rotatable bonds is 5. The van der Waals surface area contributed by atoms with Crippen LogP contribution in [-0.4, -0.2) is 56.0 Å². The van der Waals surface area contributed by atoms with Crippen LogP contribution in [0.3, 0.4) is 0 Å². The van der Waals surface area contributed by atoms with Crippen molar-refractivity contribution in [3.63, 3.8) is 0 Å². The lowest BCUT2D eigenvalue weighted by Crippen LogP contribution is -2.43. The third kappa shape index (κ3) is 6.27. The molecule has 0 bridgehead atoms. The van der Waals surface area contributed by atoms with Crippen LogP contribution in [0.15, 0.2) is 42.5 Å². The number of nitrogens with two attached hydrogens (primary N) is 1. The standard InChI is InChI=1S/C20H26N4O2.2ClH/c1-23-8-10-24(11-9-23)14-15-4-3-5-16(12-15)20(25)22-17-6-7-19(26-2)18(21)13-17;;/h3-7,12-13H,8-11,14,21H2,1-2H3,(H,22,25);2*1H. The first-order valence-corrected chi connectivity index (χ1v) is 8.80. The summed E-state index contributed by atoms with van der Waals surface area (Å²) in [7, 11) is 3.71. The number of ether oxygens (including phenoxy) is 1. The van der Waals surface area contributed by atoms with E-state index in [2.05, 4.69) is 28.2 Å². The van der Waals surface area contributed by atoms with Gasteiger partial charge in [0, 0.05) is 44.0 Å². The van der Waals surface area contributed by atoms with Gasteiger partial charge in [0.05, 0.1) is 12.8 Å². The highest BCUT2D eigenvalue weighted by Crippen LogP contribution is 2.25. The fraction of sp³-hybridized carbons (Fsp3) is 0.350. The lowest BCUT2D eigenvalue weighted by atomic mass is 10.1. The average Bonchev–Trinajstić information content (AvgIpc) is 2.64. The molecule has 154 valence electrons. The summed E-state index contributed by atoms with van der Waals surface area (Å²) in [6.45, 7) is 5.14. The number of piperazine rings is 1. The van der Waals surface area contributed by atoms with Gasteiger partial charge < -0.3 is 20.7 Å². The minimum Gasteiger partial charge on any atom is -0.495 e. The number of carbonyl (C=O) groups excluding carboxylic acids is 1. The van der Waals surface area contributed by atoms with Gasteiger partial charge in [0.25, 0.3) is 5.91 Å². The summed E-state index contributed by atoms with van der Waals surface area (Å²) >= 11 is 0. The van der Waals surface area contributed by atoms with Crippen LogP contribution < -0.4 is 15.8 Å². The second-order valence-corrected chi connectivity index (χ2v) is 6.69. The smallest absolute Gasteiger partial charge is 0.255 e. The molecule has 2 aromatic carbocycles. The summed E-state index contributed by atoms with van der Waals surface area (Å²) in [5.74, 6) is 0.451. The van der Waals surface area contributed by atoms with Crippen LogP contribution in [0.2, 0.25) is 0 Å². The molecule has 1 aliphatic heterocycles. The van der Waals surface area contributed by atoms with E-state index in [0.29, 0.717) is 22.7 Å². The Morgan fingerprint density at radius 3 is 2.46 bits per heavy atom. The number of anilines is 2. The van der Waals surface area contributed by atoms with Gasteiger partial charge in [0.15, 0.2) is 0 Å². The van der Waals surface area contributed by atoms with Crippen LogP contribution in [-0.2, 0) is 6.54 Å². The molecule has 6 nitrogen and oxygen atoms in total. The van der Waals surface area contributed by atoms with Crippen molar-refractivity contribution in [1.29, 1.82) is 0 Å². The number of carbonyl (C=O) groups is 1. The fourth-order valence-corrected chi connectivity index (χ4v) is 3.09. The van der Waals surface area contributed by atoms with Crippen molar-refractivity contribution in [2.24, 2.45) is 0 Å². The van der Waals surface area contributed by atoms with E-state index in [0.717, 1.165) is 38.3 Å². The van der Waals surface area contributed by atoms with Crippen LogP contribution >= 0.6 is 24.8 Å².